The van der Waals surface area contributed by atoms with Crippen molar-refractivity contribution in [1.29, 1.82) is 5.26 Å². The highest BCUT2D eigenvalue weighted by molar-refractivity contribution is 14.1. The Kier molecular flexibility index (Phi) is 5.00. The van der Waals surface area contributed by atoms with E-state index in [1.807, 2.05) is 16.7 Å². The second kappa shape index (κ2) is 7.35. The Morgan fingerprint density at radius 3 is 3.00 bits per heavy atom. The van der Waals surface area contributed by atoms with E-state index in [4.69, 9.17) is 5.26 Å². The summed E-state index contributed by atoms with van der Waals surface area (Å²) in [6, 6.07) is 9.41. The minimum absolute atomic E-state index is 0.243. The Balaban J connectivity index is 1.85. The van der Waals surface area contributed by atoms with Crippen molar-refractivity contribution in [2.75, 3.05) is 5.32 Å². The van der Waals surface area contributed by atoms with Gasteiger partial charge in [-0.2, -0.15) is 5.26 Å². The van der Waals surface area contributed by atoms with Crippen LogP contribution < -0.4 is 5.32 Å². The first-order chi connectivity index (χ1) is 11.7. The highest BCUT2D eigenvalue weighted by Gasteiger charge is 2.13. The molecule has 7 nitrogen and oxygen atoms in total. The van der Waals surface area contributed by atoms with Crippen molar-refractivity contribution >= 4 is 45.5 Å². The van der Waals surface area contributed by atoms with Crippen LogP contribution >= 0.6 is 22.6 Å². The lowest BCUT2D eigenvalue weighted by molar-refractivity contribution is 0.102. The van der Waals surface area contributed by atoms with Gasteiger partial charge >= 0.3 is 0 Å². The first kappa shape index (κ1) is 16.3. The van der Waals surface area contributed by atoms with Gasteiger partial charge in [-0.05, 0) is 47.2 Å². The molecular formula is C16H13IN6O. The highest BCUT2D eigenvalue weighted by atomic mass is 127. The van der Waals surface area contributed by atoms with Crippen LogP contribution in [0.5, 0.6) is 0 Å². The van der Waals surface area contributed by atoms with E-state index in [0.29, 0.717) is 35.5 Å². The molecule has 2 aromatic heterocycles. The molecule has 0 spiro atoms. The van der Waals surface area contributed by atoms with E-state index < -0.39 is 0 Å². The van der Waals surface area contributed by atoms with Crippen molar-refractivity contribution in [3.63, 3.8) is 0 Å². The zero-order chi connectivity index (χ0) is 16.9. The number of nitriles is 1. The van der Waals surface area contributed by atoms with Gasteiger partial charge in [0.15, 0.2) is 17.0 Å². The number of nitrogens with zero attached hydrogens (tertiary/aromatic N) is 5. The average molecular weight is 432 g/mol. The van der Waals surface area contributed by atoms with Gasteiger partial charge in [-0.1, -0.05) is 6.07 Å². The standard InChI is InChI=1S/C16H13IN6O/c17-12-5-3-4-11(8-12)16(24)22-14-13-15(20-9-19-14)23(10-21-13)7-2-1-6-18/h3-5,8-10H,1-2,7H2,(H,19,20,22,24). The number of imidazole rings is 1. The summed E-state index contributed by atoms with van der Waals surface area (Å²) in [4.78, 5) is 25.0. The zero-order valence-corrected chi connectivity index (χ0v) is 14.8. The van der Waals surface area contributed by atoms with E-state index in [-0.39, 0.29) is 5.91 Å². The van der Waals surface area contributed by atoms with Crippen molar-refractivity contribution in [3.8, 4) is 6.07 Å². The van der Waals surface area contributed by atoms with E-state index in [9.17, 15) is 4.79 Å². The number of amides is 1. The lowest BCUT2D eigenvalue weighted by atomic mass is 10.2. The van der Waals surface area contributed by atoms with Crippen LogP contribution in [0.1, 0.15) is 23.2 Å². The zero-order valence-electron chi connectivity index (χ0n) is 12.6. The van der Waals surface area contributed by atoms with Gasteiger partial charge in [0.2, 0.25) is 0 Å². The molecule has 120 valence electrons. The van der Waals surface area contributed by atoms with Gasteiger partial charge in [-0.25, -0.2) is 15.0 Å². The number of carbonyl (C=O) groups excluding carboxylic acids is 1. The van der Waals surface area contributed by atoms with Crippen molar-refractivity contribution in [2.45, 2.75) is 19.4 Å². The summed E-state index contributed by atoms with van der Waals surface area (Å²) in [5.41, 5.74) is 1.73. The molecule has 0 saturated heterocycles. The maximum atomic E-state index is 12.4. The van der Waals surface area contributed by atoms with Crippen LogP contribution in [0.15, 0.2) is 36.9 Å². The van der Waals surface area contributed by atoms with E-state index >= 15 is 0 Å². The van der Waals surface area contributed by atoms with E-state index in [0.717, 1.165) is 9.99 Å². The summed E-state index contributed by atoms with van der Waals surface area (Å²) < 4.78 is 2.84. The molecule has 24 heavy (non-hydrogen) atoms. The van der Waals surface area contributed by atoms with Gasteiger partial charge in [0, 0.05) is 22.1 Å². The number of fused-ring (bicyclic) bond motifs is 1. The lowest BCUT2D eigenvalue weighted by Gasteiger charge is -2.06. The fraction of sp³-hybridized carbons (Fsp3) is 0.188. The molecule has 2 heterocycles. The van der Waals surface area contributed by atoms with E-state index in [2.05, 4.69) is 48.9 Å². The largest absolute Gasteiger partial charge is 0.315 e. The predicted octanol–water partition coefficient (Wildman–Crippen LogP) is 2.99. The van der Waals surface area contributed by atoms with Gasteiger partial charge in [0.25, 0.3) is 5.91 Å². The van der Waals surface area contributed by atoms with Crippen LogP contribution in [0.25, 0.3) is 11.2 Å². The van der Waals surface area contributed by atoms with Gasteiger partial charge in [-0.15, -0.1) is 0 Å². The minimum Gasteiger partial charge on any atom is -0.315 e. The van der Waals surface area contributed by atoms with Crippen molar-refractivity contribution in [1.82, 2.24) is 19.5 Å². The second-order valence-corrected chi connectivity index (χ2v) is 6.30. The normalized spacial score (nSPS) is 10.5. The van der Waals surface area contributed by atoms with Gasteiger partial charge in [0.05, 0.1) is 12.4 Å². The van der Waals surface area contributed by atoms with Crippen LogP contribution in [-0.2, 0) is 6.54 Å². The number of hydrogen-bond acceptors (Lipinski definition) is 5. The molecule has 1 amide bonds. The summed E-state index contributed by atoms with van der Waals surface area (Å²) >= 11 is 2.16. The van der Waals surface area contributed by atoms with Crippen LogP contribution in [0.3, 0.4) is 0 Å². The number of benzene rings is 1. The molecule has 0 unspecified atom stereocenters. The molecule has 0 fully saturated rings. The van der Waals surface area contributed by atoms with Crippen LogP contribution in [0, 0.1) is 14.9 Å². The van der Waals surface area contributed by atoms with Gasteiger partial charge < -0.3 is 9.88 Å². The quantitative estimate of drug-likeness (QED) is 0.494. The third-order valence-corrected chi connectivity index (χ3v) is 4.08. The molecule has 3 aromatic rings. The van der Waals surface area contributed by atoms with Crippen molar-refractivity contribution < 1.29 is 4.79 Å². The van der Waals surface area contributed by atoms with E-state index in [1.54, 1.807) is 18.5 Å². The van der Waals surface area contributed by atoms with Crippen molar-refractivity contribution in [2.24, 2.45) is 0 Å². The topological polar surface area (TPSA) is 96.5 Å². The van der Waals surface area contributed by atoms with Crippen LogP contribution in [-0.4, -0.2) is 25.4 Å². The number of aromatic nitrogens is 4. The predicted molar refractivity (Wildman–Crippen MR) is 97.3 cm³/mol. The van der Waals surface area contributed by atoms with Gasteiger partial charge in [0.1, 0.15) is 6.33 Å². The molecule has 1 aromatic carbocycles. The van der Waals surface area contributed by atoms with Gasteiger partial charge in [-0.3, -0.25) is 4.79 Å². The third kappa shape index (κ3) is 3.51. The average Bonchev–Trinajstić information content (AvgIpc) is 2.99. The molecule has 0 aliphatic carbocycles. The number of nitrogens with one attached hydrogen (secondary N) is 1. The van der Waals surface area contributed by atoms with E-state index in [1.165, 1.54) is 6.33 Å². The summed E-state index contributed by atoms with van der Waals surface area (Å²) in [6.45, 7) is 0.644. The number of aryl methyl sites for hydroxylation is 1. The maximum Gasteiger partial charge on any atom is 0.256 e. The fourth-order valence-corrected chi connectivity index (χ4v) is 2.82. The number of anilines is 1. The number of unbranched alkanes of at least 4 members (excludes halogenated alkanes) is 1. The molecule has 0 bridgehead atoms. The Morgan fingerprint density at radius 2 is 2.21 bits per heavy atom. The Bertz CT molecular complexity index is 930. The number of rotatable bonds is 5. The Labute approximate surface area is 151 Å². The first-order valence-corrected chi connectivity index (χ1v) is 8.36. The number of hydrogen-bond donors (Lipinski definition) is 1. The number of carbonyl (C=O) groups is 1. The van der Waals surface area contributed by atoms with Crippen molar-refractivity contribution in [3.05, 3.63) is 46.1 Å². The molecule has 0 atom stereocenters. The lowest BCUT2D eigenvalue weighted by Crippen LogP contribution is -2.13. The fourth-order valence-electron chi connectivity index (χ4n) is 2.27. The van der Waals surface area contributed by atoms with Crippen LogP contribution in [0.2, 0.25) is 0 Å². The minimum atomic E-state index is -0.243. The smallest absolute Gasteiger partial charge is 0.256 e. The molecule has 1 N–H and O–H groups in total. The van der Waals surface area contributed by atoms with Crippen LogP contribution in [0.4, 0.5) is 5.82 Å². The molecule has 3 rings (SSSR count). The monoisotopic (exact) mass is 432 g/mol. The molecule has 0 aliphatic heterocycles. The highest BCUT2D eigenvalue weighted by Crippen LogP contribution is 2.19. The Morgan fingerprint density at radius 1 is 1.33 bits per heavy atom. The molecule has 0 radical (unpaired) electrons. The SMILES string of the molecule is N#CCCCn1cnc2c(NC(=O)c3cccc(I)c3)ncnc21. The third-order valence-electron chi connectivity index (χ3n) is 3.41. The summed E-state index contributed by atoms with van der Waals surface area (Å²) in [5.74, 6) is 0.135. The summed E-state index contributed by atoms with van der Waals surface area (Å²) in [7, 11) is 0. The maximum absolute atomic E-state index is 12.4. The number of halogens is 1. The second-order valence-electron chi connectivity index (χ2n) is 5.06. The Hall–Kier alpha value is -2.54. The molecule has 0 aliphatic rings. The first-order valence-electron chi connectivity index (χ1n) is 7.29. The molecule has 8 heteroatoms. The summed E-state index contributed by atoms with van der Waals surface area (Å²) in [6.07, 6.45) is 4.24. The summed E-state index contributed by atoms with van der Waals surface area (Å²) in [5, 5.41) is 11.4. The molecular weight excluding hydrogens is 419 g/mol. The molecule has 0 saturated carbocycles.